The summed E-state index contributed by atoms with van der Waals surface area (Å²) in [5, 5.41) is 32.9. The fraction of sp³-hybridized carbons (Fsp3) is 0.676. The van der Waals surface area contributed by atoms with E-state index >= 15 is 0 Å². The van der Waals surface area contributed by atoms with Crippen molar-refractivity contribution >= 4 is 11.3 Å². The maximum atomic E-state index is 11.4. The predicted molar refractivity (Wildman–Crippen MR) is 161 cm³/mol. The van der Waals surface area contributed by atoms with Crippen molar-refractivity contribution in [3.63, 3.8) is 0 Å². The Bertz CT molecular complexity index is 1150. The molecule has 0 aliphatic heterocycles. The van der Waals surface area contributed by atoms with E-state index in [9.17, 15) is 15.3 Å². The molecule has 214 valence electrons. The standard InChI is InChI=1S/C34H49NO3S/c1-6-8-26-21-35-31(39-26)34(17-18-34)30(38)14-16-32(3,4)29-13-12-27-23(9-7-15-33(27,29)5)10-11-24-19-25(36)20-28(37)22(24)2/h10-11,14,16,21,25,27-30,36-38H,2,6-9,12-13,15,17-20H2,1,3-5H3/b16-14+,23-10+,24-11-/t25-,27+,28+,29-,30+,33+/m1/s1. The van der Waals surface area contributed by atoms with Gasteiger partial charge in [0.1, 0.15) is 5.01 Å². The summed E-state index contributed by atoms with van der Waals surface area (Å²) in [5.41, 5.74) is 3.31. The third kappa shape index (κ3) is 5.54. The second-order valence-corrected chi connectivity index (χ2v) is 14.9. The number of fused-ring (bicyclic) bond motifs is 1. The molecule has 4 fully saturated rings. The Hall–Kier alpha value is -1.53. The number of aryl methyl sites for hydroxylation is 1. The molecule has 0 spiro atoms. The summed E-state index contributed by atoms with van der Waals surface area (Å²) in [6.07, 6.45) is 20.4. The molecule has 39 heavy (non-hydrogen) atoms. The molecular weight excluding hydrogens is 502 g/mol. The lowest BCUT2D eigenvalue weighted by molar-refractivity contribution is 0.0706. The zero-order chi connectivity index (χ0) is 28.0. The first-order valence-electron chi connectivity index (χ1n) is 15.3. The van der Waals surface area contributed by atoms with Crippen molar-refractivity contribution in [3.05, 3.63) is 63.7 Å². The first-order valence-corrected chi connectivity index (χ1v) is 16.1. The summed E-state index contributed by atoms with van der Waals surface area (Å²) in [7, 11) is 0. The highest BCUT2D eigenvalue weighted by atomic mass is 32.1. The fourth-order valence-electron chi connectivity index (χ4n) is 8.24. The molecule has 1 aromatic heterocycles. The van der Waals surface area contributed by atoms with Crippen LogP contribution in [0.2, 0.25) is 0 Å². The van der Waals surface area contributed by atoms with Gasteiger partial charge in [0.2, 0.25) is 0 Å². The molecule has 0 aromatic carbocycles. The van der Waals surface area contributed by atoms with Crippen molar-refractivity contribution < 1.29 is 15.3 Å². The number of rotatable bonds is 8. The normalized spacial score (nSPS) is 35.6. The Labute approximate surface area is 239 Å². The van der Waals surface area contributed by atoms with Crippen LogP contribution in [0.1, 0.15) is 102 Å². The molecule has 3 N–H and O–H groups in total. The van der Waals surface area contributed by atoms with E-state index in [4.69, 9.17) is 4.98 Å². The van der Waals surface area contributed by atoms with Gasteiger partial charge in [-0.2, -0.15) is 0 Å². The van der Waals surface area contributed by atoms with Crippen molar-refractivity contribution in [2.45, 2.75) is 122 Å². The van der Waals surface area contributed by atoms with Crippen LogP contribution in [0.5, 0.6) is 0 Å². The van der Waals surface area contributed by atoms with Crippen LogP contribution in [0, 0.1) is 22.7 Å². The van der Waals surface area contributed by atoms with E-state index in [-0.39, 0.29) is 16.2 Å². The zero-order valence-corrected chi connectivity index (χ0v) is 25.3. The maximum absolute atomic E-state index is 11.4. The summed E-state index contributed by atoms with van der Waals surface area (Å²) in [4.78, 5) is 6.06. The summed E-state index contributed by atoms with van der Waals surface area (Å²) in [6, 6.07) is 0. The van der Waals surface area contributed by atoms with Gasteiger partial charge < -0.3 is 15.3 Å². The molecule has 0 bridgehead atoms. The van der Waals surface area contributed by atoms with Gasteiger partial charge in [0.15, 0.2) is 0 Å². The van der Waals surface area contributed by atoms with E-state index in [1.807, 2.05) is 6.20 Å². The van der Waals surface area contributed by atoms with E-state index < -0.39 is 18.3 Å². The van der Waals surface area contributed by atoms with E-state index in [0.717, 1.165) is 48.3 Å². The number of nitrogens with zero attached hydrogens (tertiary/aromatic N) is 1. The van der Waals surface area contributed by atoms with Crippen molar-refractivity contribution in [2.24, 2.45) is 22.7 Å². The van der Waals surface area contributed by atoms with Crippen LogP contribution in [0.4, 0.5) is 0 Å². The second-order valence-electron chi connectivity index (χ2n) is 13.8. The third-order valence-electron chi connectivity index (χ3n) is 10.7. The Morgan fingerprint density at radius 1 is 1.21 bits per heavy atom. The van der Waals surface area contributed by atoms with E-state index in [1.54, 1.807) is 11.3 Å². The van der Waals surface area contributed by atoms with Gasteiger partial charge in [0.05, 0.1) is 23.7 Å². The zero-order valence-electron chi connectivity index (χ0n) is 24.5. The fourth-order valence-corrected chi connectivity index (χ4v) is 9.53. The molecule has 5 heteroatoms. The van der Waals surface area contributed by atoms with Gasteiger partial charge in [-0.3, -0.25) is 0 Å². The molecule has 6 atom stereocenters. The van der Waals surface area contributed by atoms with Gasteiger partial charge in [-0.25, -0.2) is 4.98 Å². The van der Waals surface area contributed by atoms with Crippen molar-refractivity contribution in [1.29, 1.82) is 0 Å². The van der Waals surface area contributed by atoms with Crippen LogP contribution in [-0.2, 0) is 11.8 Å². The average molecular weight is 552 g/mol. The smallest absolute Gasteiger partial charge is 0.102 e. The molecule has 4 nitrogen and oxygen atoms in total. The highest BCUT2D eigenvalue weighted by molar-refractivity contribution is 7.11. The third-order valence-corrected chi connectivity index (χ3v) is 11.9. The average Bonchev–Trinajstić information content (AvgIpc) is 3.41. The van der Waals surface area contributed by atoms with Crippen molar-refractivity contribution in [2.75, 3.05) is 0 Å². The molecule has 1 aromatic rings. The summed E-state index contributed by atoms with van der Waals surface area (Å²) in [5.74, 6) is 1.11. The lowest BCUT2D eigenvalue weighted by atomic mass is 9.57. The second kappa shape index (κ2) is 11.0. The van der Waals surface area contributed by atoms with Gasteiger partial charge in [-0.15, -0.1) is 11.3 Å². The number of allylic oxidation sites excluding steroid dienone is 4. The lowest BCUT2D eigenvalue weighted by Crippen LogP contribution is -2.39. The van der Waals surface area contributed by atoms with Crippen LogP contribution in [0.25, 0.3) is 0 Å². The number of thiazole rings is 1. The van der Waals surface area contributed by atoms with Gasteiger partial charge in [-0.05, 0) is 91.6 Å². The molecule has 5 rings (SSSR count). The lowest BCUT2D eigenvalue weighted by Gasteiger charge is -2.47. The Kier molecular flexibility index (Phi) is 8.20. The molecule has 0 unspecified atom stereocenters. The van der Waals surface area contributed by atoms with Crippen molar-refractivity contribution in [1.82, 2.24) is 4.98 Å². The number of hydrogen-bond donors (Lipinski definition) is 3. The number of hydrogen-bond acceptors (Lipinski definition) is 5. The van der Waals surface area contributed by atoms with Crippen LogP contribution in [0.3, 0.4) is 0 Å². The highest BCUT2D eigenvalue weighted by Gasteiger charge is 2.54. The maximum Gasteiger partial charge on any atom is 0.102 e. The first-order chi connectivity index (χ1) is 18.5. The largest absolute Gasteiger partial charge is 0.393 e. The van der Waals surface area contributed by atoms with Gasteiger partial charge in [0, 0.05) is 17.5 Å². The Morgan fingerprint density at radius 3 is 2.69 bits per heavy atom. The summed E-state index contributed by atoms with van der Waals surface area (Å²) >= 11 is 1.79. The number of aromatic nitrogens is 1. The van der Waals surface area contributed by atoms with Crippen molar-refractivity contribution in [3.8, 4) is 0 Å². The first kappa shape index (κ1) is 29.0. The van der Waals surface area contributed by atoms with Gasteiger partial charge in [0.25, 0.3) is 0 Å². The molecule has 4 aliphatic carbocycles. The molecule has 4 aliphatic rings. The van der Waals surface area contributed by atoms with Crippen LogP contribution >= 0.6 is 11.3 Å². The van der Waals surface area contributed by atoms with Crippen LogP contribution in [0.15, 0.2) is 53.8 Å². The summed E-state index contributed by atoms with van der Waals surface area (Å²) < 4.78 is 0. The van der Waals surface area contributed by atoms with Crippen LogP contribution < -0.4 is 0 Å². The van der Waals surface area contributed by atoms with E-state index in [1.165, 1.54) is 36.1 Å². The molecule has 0 amide bonds. The summed E-state index contributed by atoms with van der Waals surface area (Å²) in [6.45, 7) is 13.5. The van der Waals surface area contributed by atoms with Gasteiger partial charge >= 0.3 is 0 Å². The molecule has 0 saturated heterocycles. The topological polar surface area (TPSA) is 73.6 Å². The SMILES string of the molecule is C=C1/C(=C\C=C2/CCC[C@]3(C)[C@@H](C(C)(C)/C=C/[C@H](O)C4(c5ncc(CCC)s5)CC4)CC[C@@H]23)C[C@@H](O)C[C@@H]1O. The monoisotopic (exact) mass is 551 g/mol. The molecule has 4 saturated carbocycles. The molecular formula is C34H49NO3S. The quantitative estimate of drug-likeness (QED) is 0.299. The highest BCUT2D eigenvalue weighted by Crippen LogP contribution is 2.62. The van der Waals surface area contributed by atoms with E-state index in [2.05, 4.69) is 58.6 Å². The molecule has 0 radical (unpaired) electrons. The Morgan fingerprint density at radius 2 is 1.97 bits per heavy atom. The minimum atomic E-state index is -0.641. The minimum Gasteiger partial charge on any atom is -0.393 e. The van der Waals surface area contributed by atoms with Crippen LogP contribution in [-0.4, -0.2) is 38.6 Å². The molecule has 1 heterocycles. The van der Waals surface area contributed by atoms with Gasteiger partial charge in [-0.1, -0.05) is 70.6 Å². The predicted octanol–water partition coefficient (Wildman–Crippen LogP) is 7.21. The minimum absolute atomic E-state index is 0.0103. The number of aliphatic hydroxyl groups is 3. The Balaban J connectivity index is 1.31. The number of aliphatic hydroxyl groups excluding tert-OH is 3. The van der Waals surface area contributed by atoms with E-state index in [0.29, 0.717) is 24.7 Å².